The van der Waals surface area contributed by atoms with Gasteiger partial charge in [-0.1, -0.05) is 19.8 Å². The van der Waals surface area contributed by atoms with Crippen molar-refractivity contribution < 1.29 is 4.79 Å². The third-order valence-electron chi connectivity index (χ3n) is 7.56. The van der Waals surface area contributed by atoms with Gasteiger partial charge in [-0.15, -0.1) is 0 Å². The van der Waals surface area contributed by atoms with Gasteiger partial charge in [0.15, 0.2) is 0 Å². The van der Waals surface area contributed by atoms with Crippen molar-refractivity contribution in [1.29, 1.82) is 0 Å². The van der Waals surface area contributed by atoms with Gasteiger partial charge >= 0.3 is 0 Å². The summed E-state index contributed by atoms with van der Waals surface area (Å²) in [5, 5.41) is 4.72. The van der Waals surface area contributed by atoms with Gasteiger partial charge in [-0.3, -0.25) is 19.4 Å². The van der Waals surface area contributed by atoms with Crippen LogP contribution in [-0.4, -0.2) is 37.6 Å². The van der Waals surface area contributed by atoms with Crippen molar-refractivity contribution in [3.63, 3.8) is 0 Å². The molecule has 6 heteroatoms. The van der Waals surface area contributed by atoms with Crippen LogP contribution in [0.15, 0.2) is 30.7 Å². The molecule has 3 aromatic heterocycles. The standard InChI is InChI=1S/C26H29N5O/c1-26(8-3-4-9-26)16-31-14-19(13-28-31)20-10-17-6-5-7-22(17)29-24(20)18-11-21-23(27-12-18)15-30(2)25(21)32/h10-14H,3-9,15-16H2,1-2H3. The summed E-state index contributed by atoms with van der Waals surface area (Å²) < 4.78 is 2.11. The molecule has 3 aromatic rings. The topological polar surface area (TPSA) is 63.9 Å². The highest BCUT2D eigenvalue weighted by atomic mass is 16.2. The lowest BCUT2D eigenvalue weighted by molar-refractivity contribution is 0.0816. The molecule has 0 aromatic carbocycles. The monoisotopic (exact) mass is 427 g/mol. The van der Waals surface area contributed by atoms with Crippen molar-refractivity contribution in [1.82, 2.24) is 24.6 Å². The Hall–Kier alpha value is -3.02. The first-order valence-corrected chi connectivity index (χ1v) is 11.8. The van der Waals surface area contributed by atoms with E-state index in [0.29, 0.717) is 17.5 Å². The van der Waals surface area contributed by atoms with Gasteiger partial charge in [0.2, 0.25) is 0 Å². The molecule has 6 rings (SSSR count). The van der Waals surface area contributed by atoms with E-state index in [1.165, 1.54) is 36.9 Å². The lowest BCUT2D eigenvalue weighted by atomic mass is 9.89. The first-order valence-electron chi connectivity index (χ1n) is 11.8. The lowest BCUT2D eigenvalue weighted by Crippen LogP contribution is -2.19. The second kappa shape index (κ2) is 7.26. The summed E-state index contributed by atoms with van der Waals surface area (Å²) in [5.41, 5.74) is 8.41. The fourth-order valence-electron chi connectivity index (χ4n) is 5.71. The molecule has 164 valence electrons. The minimum atomic E-state index is 0.0367. The van der Waals surface area contributed by atoms with Gasteiger partial charge < -0.3 is 4.90 Å². The van der Waals surface area contributed by atoms with Gasteiger partial charge in [0.05, 0.1) is 29.7 Å². The zero-order chi connectivity index (χ0) is 21.9. The van der Waals surface area contributed by atoms with E-state index in [9.17, 15) is 4.79 Å². The molecule has 0 N–H and O–H groups in total. The van der Waals surface area contributed by atoms with Crippen LogP contribution in [0.3, 0.4) is 0 Å². The van der Waals surface area contributed by atoms with Crippen molar-refractivity contribution in [3.8, 4) is 22.4 Å². The molecule has 0 spiro atoms. The average Bonchev–Trinajstić information content (AvgIpc) is 3.56. The van der Waals surface area contributed by atoms with Crippen molar-refractivity contribution >= 4 is 5.91 Å². The van der Waals surface area contributed by atoms with Crippen LogP contribution in [0.25, 0.3) is 22.4 Å². The molecule has 1 saturated carbocycles. The fraction of sp³-hybridized carbons (Fsp3) is 0.462. The summed E-state index contributed by atoms with van der Waals surface area (Å²) in [4.78, 5) is 24.0. The Kier molecular flexibility index (Phi) is 4.46. The van der Waals surface area contributed by atoms with Crippen LogP contribution in [0.2, 0.25) is 0 Å². The Morgan fingerprint density at radius 2 is 1.84 bits per heavy atom. The van der Waals surface area contributed by atoms with Gasteiger partial charge in [-0.25, -0.2) is 0 Å². The van der Waals surface area contributed by atoms with Crippen LogP contribution in [0, 0.1) is 5.41 Å². The minimum Gasteiger partial charge on any atom is -0.336 e. The second-order valence-corrected chi connectivity index (χ2v) is 10.2. The normalized spacial score (nSPS) is 18.9. The maximum atomic E-state index is 12.6. The predicted molar refractivity (Wildman–Crippen MR) is 123 cm³/mol. The van der Waals surface area contributed by atoms with E-state index >= 15 is 0 Å². The maximum Gasteiger partial charge on any atom is 0.255 e. The summed E-state index contributed by atoms with van der Waals surface area (Å²) in [7, 11) is 1.82. The predicted octanol–water partition coefficient (Wildman–Crippen LogP) is 4.66. The van der Waals surface area contributed by atoms with Crippen LogP contribution in [0.1, 0.15) is 66.3 Å². The summed E-state index contributed by atoms with van der Waals surface area (Å²) in [6, 6.07) is 4.27. The van der Waals surface area contributed by atoms with Crippen molar-refractivity contribution in [2.24, 2.45) is 5.41 Å². The van der Waals surface area contributed by atoms with Crippen molar-refractivity contribution in [3.05, 3.63) is 53.2 Å². The Bertz CT molecular complexity index is 1220. The summed E-state index contributed by atoms with van der Waals surface area (Å²) in [6.45, 7) is 3.92. The van der Waals surface area contributed by atoms with E-state index in [4.69, 9.17) is 10.1 Å². The molecule has 2 aliphatic carbocycles. The smallest absolute Gasteiger partial charge is 0.255 e. The van der Waals surface area contributed by atoms with Crippen molar-refractivity contribution in [2.45, 2.75) is 65.0 Å². The first-order chi connectivity index (χ1) is 15.5. The minimum absolute atomic E-state index is 0.0367. The Morgan fingerprint density at radius 1 is 1.00 bits per heavy atom. The SMILES string of the molecule is CN1Cc2ncc(-c3nc4c(cc3-c3cnn(CC5(C)CCCC5)c3)CCC4)cc2C1=O. The second-order valence-electron chi connectivity index (χ2n) is 10.2. The van der Waals surface area contributed by atoms with Crippen molar-refractivity contribution in [2.75, 3.05) is 7.05 Å². The number of fused-ring (bicyclic) bond motifs is 2. The van der Waals surface area contributed by atoms with Gasteiger partial charge in [0.1, 0.15) is 0 Å². The summed E-state index contributed by atoms with van der Waals surface area (Å²) >= 11 is 0. The number of amides is 1. The lowest BCUT2D eigenvalue weighted by Gasteiger charge is -2.22. The molecule has 1 amide bonds. The molecule has 3 aliphatic rings. The fourth-order valence-corrected chi connectivity index (χ4v) is 5.71. The highest BCUT2D eigenvalue weighted by Gasteiger charge is 2.30. The van der Waals surface area contributed by atoms with Gasteiger partial charge in [-0.05, 0) is 55.2 Å². The number of nitrogens with zero attached hydrogens (tertiary/aromatic N) is 5. The van der Waals surface area contributed by atoms with E-state index in [0.717, 1.165) is 53.9 Å². The van der Waals surface area contributed by atoms with Gasteiger partial charge in [0, 0.05) is 48.4 Å². The van der Waals surface area contributed by atoms with Gasteiger partial charge in [0.25, 0.3) is 5.91 Å². The maximum absolute atomic E-state index is 12.6. The number of hydrogen-bond donors (Lipinski definition) is 0. The average molecular weight is 428 g/mol. The summed E-state index contributed by atoms with van der Waals surface area (Å²) in [5.74, 6) is 0.0367. The molecule has 1 fully saturated rings. The Balaban J connectivity index is 1.42. The van der Waals surface area contributed by atoms with Crippen LogP contribution >= 0.6 is 0 Å². The van der Waals surface area contributed by atoms with Crippen LogP contribution < -0.4 is 0 Å². The van der Waals surface area contributed by atoms with E-state index in [1.54, 1.807) is 4.90 Å². The Morgan fingerprint density at radius 3 is 2.69 bits per heavy atom. The molecule has 32 heavy (non-hydrogen) atoms. The zero-order valence-corrected chi connectivity index (χ0v) is 18.9. The molecule has 1 aliphatic heterocycles. The number of hydrogen-bond acceptors (Lipinski definition) is 4. The zero-order valence-electron chi connectivity index (χ0n) is 18.9. The third kappa shape index (κ3) is 3.24. The third-order valence-corrected chi connectivity index (χ3v) is 7.56. The quantitative estimate of drug-likeness (QED) is 0.607. The number of carbonyl (C=O) groups is 1. The van der Waals surface area contributed by atoms with E-state index in [1.807, 2.05) is 25.5 Å². The first kappa shape index (κ1) is 19.6. The van der Waals surface area contributed by atoms with Crippen LogP contribution in [0.4, 0.5) is 0 Å². The van der Waals surface area contributed by atoms with Crippen LogP contribution in [0.5, 0.6) is 0 Å². The number of pyridine rings is 2. The number of carbonyl (C=O) groups excluding carboxylic acids is 1. The summed E-state index contributed by atoms with van der Waals surface area (Å²) in [6.07, 6.45) is 14.5. The number of aryl methyl sites for hydroxylation is 2. The van der Waals surface area contributed by atoms with E-state index < -0.39 is 0 Å². The largest absolute Gasteiger partial charge is 0.336 e. The molecule has 0 unspecified atom stereocenters. The number of aromatic nitrogens is 4. The molecule has 0 bridgehead atoms. The Labute approximate surface area is 188 Å². The number of rotatable bonds is 4. The molecule has 6 nitrogen and oxygen atoms in total. The molecule has 0 saturated heterocycles. The van der Waals surface area contributed by atoms with E-state index in [-0.39, 0.29) is 5.91 Å². The molecule has 0 atom stereocenters. The molecule has 0 radical (unpaired) electrons. The molecule has 4 heterocycles. The highest BCUT2D eigenvalue weighted by Crippen LogP contribution is 2.40. The molecular formula is C26H29N5O. The van der Waals surface area contributed by atoms with Gasteiger partial charge in [-0.2, -0.15) is 5.10 Å². The van der Waals surface area contributed by atoms with E-state index in [2.05, 4.69) is 28.9 Å². The highest BCUT2D eigenvalue weighted by molar-refractivity contribution is 5.99. The molecular weight excluding hydrogens is 398 g/mol. The van der Waals surface area contributed by atoms with Crippen LogP contribution in [-0.2, 0) is 25.9 Å².